The van der Waals surface area contributed by atoms with Gasteiger partial charge in [-0.15, -0.1) is 0 Å². The second-order valence-corrected chi connectivity index (χ2v) is 5.78. The summed E-state index contributed by atoms with van der Waals surface area (Å²) in [6, 6.07) is 11.9. The van der Waals surface area contributed by atoms with Crippen LogP contribution in [-0.4, -0.2) is 18.5 Å². The topological polar surface area (TPSA) is 59.9 Å². The largest absolute Gasteiger partial charge is 0.454 e. The first-order valence-corrected chi connectivity index (χ1v) is 7.92. The van der Waals surface area contributed by atoms with Gasteiger partial charge in [0.15, 0.2) is 11.5 Å². The molecule has 4 rings (SSSR count). The fourth-order valence-electron chi connectivity index (χ4n) is 2.75. The summed E-state index contributed by atoms with van der Waals surface area (Å²) >= 11 is 0. The molecule has 0 saturated carbocycles. The SMILES string of the molecule is O=C1NC(CCc2cccc(F)c2)=N/C1=C/c1ccc2c(c1)OCO2. The Morgan fingerprint density at radius 2 is 2.00 bits per heavy atom. The van der Waals surface area contributed by atoms with Crippen LogP contribution in [0, 0.1) is 5.82 Å². The molecule has 1 N–H and O–H groups in total. The van der Waals surface area contributed by atoms with E-state index in [1.165, 1.54) is 12.1 Å². The van der Waals surface area contributed by atoms with Crippen molar-refractivity contribution in [3.05, 3.63) is 65.1 Å². The Balaban J connectivity index is 1.48. The number of benzene rings is 2. The Labute approximate surface area is 143 Å². The first-order chi connectivity index (χ1) is 12.2. The van der Waals surface area contributed by atoms with E-state index in [0.717, 1.165) is 11.1 Å². The normalized spacial score (nSPS) is 16.9. The Morgan fingerprint density at radius 1 is 1.12 bits per heavy atom. The molecule has 2 aliphatic rings. The Hall–Kier alpha value is -3.15. The molecule has 5 nitrogen and oxygen atoms in total. The number of aryl methyl sites for hydroxylation is 1. The summed E-state index contributed by atoms with van der Waals surface area (Å²) in [5, 5.41) is 2.75. The van der Waals surface area contributed by atoms with E-state index >= 15 is 0 Å². The third-order valence-electron chi connectivity index (χ3n) is 3.99. The molecule has 0 spiro atoms. The number of nitrogens with one attached hydrogen (secondary N) is 1. The van der Waals surface area contributed by atoms with Gasteiger partial charge in [-0.2, -0.15) is 0 Å². The van der Waals surface area contributed by atoms with Crippen molar-refractivity contribution in [1.82, 2.24) is 5.32 Å². The lowest BCUT2D eigenvalue weighted by molar-refractivity contribution is -0.115. The van der Waals surface area contributed by atoms with E-state index in [9.17, 15) is 9.18 Å². The first kappa shape index (κ1) is 15.4. The van der Waals surface area contributed by atoms with Gasteiger partial charge >= 0.3 is 0 Å². The van der Waals surface area contributed by atoms with E-state index in [4.69, 9.17) is 9.47 Å². The molecular formula is C19H15FN2O3. The zero-order valence-corrected chi connectivity index (χ0v) is 13.3. The van der Waals surface area contributed by atoms with Crippen molar-refractivity contribution in [3.63, 3.8) is 0 Å². The molecule has 2 heterocycles. The first-order valence-electron chi connectivity index (χ1n) is 7.92. The molecule has 0 saturated heterocycles. The molecule has 25 heavy (non-hydrogen) atoms. The number of hydrogen-bond donors (Lipinski definition) is 1. The van der Waals surface area contributed by atoms with Crippen LogP contribution in [0.4, 0.5) is 4.39 Å². The van der Waals surface area contributed by atoms with Gasteiger partial charge in [-0.05, 0) is 47.9 Å². The lowest BCUT2D eigenvalue weighted by Gasteiger charge is -2.01. The fourth-order valence-corrected chi connectivity index (χ4v) is 2.75. The number of amides is 1. The van der Waals surface area contributed by atoms with Crippen molar-refractivity contribution in [1.29, 1.82) is 0 Å². The van der Waals surface area contributed by atoms with Crippen LogP contribution < -0.4 is 14.8 Å². The van der Waals surface area contributed by atoms with Gasteiger partial charge in [-0.25, -0.2) is 9.38 Å². The van der Waals surface area contributed by atoms with Crippen molar-refractivity contribution < 1.29 is 18.7 Å². The summed E-state index contributed by atoms with van der Waals surface area (Å²) in [6.07, 6.45) is 2.84. The number of halogens is 1. The highest BCUT2D eigenvalue weighted by molar-refractivity contribution is 6.14. The van der Waals surface area contributed by atoms with Gasteiger partial charge in [0.25, 0.3) is 5.91 Å². The predicted octanol–water partition coefficient (Wildman–Crippen LogP) is 3.06. The highest BCUT2D eigenvalue weighted by atomic mass is 19.1. The maximum absolute atomic E-state index is 13.2. The van der Waals surface area contributed by atoms with Crippen LogP contribution >= 0.6 is 0 Å². The van der Waals surface area contributed by atoms with E-state index in [2.05, 4.69) is 10.3 Å². The molecule has 0 fully saturated rings. The van der Waals surface area contributed by atoms with Gasteiger partial charge in [0.2, 0.25) is 6.79 Å². The Bertz CT molecular complexity index is 905. The predicted molar refractivity (Wildman–Crippen MR) is 90.8 cm³/mol. The summed E-state index contributed by atoms with van der Waals surface area (Å²) in [5.41, 5.74) is 2.02. The Kier molecular flexibility index (Phi) is 3.93. The molecule has 2 aliphatic heterocycles. The van der Waals surface area contributed by atoms with Crippen LogP contribution in [0.3, 0.4) is 0 Å². The van der Waals surface area contributed by atoms with Crippen molar-refractivity contribution in [3.8, 4) is 11.5 Å². The number of fused-ring (bicyclic) bond motifs is 1. The van der Waals surface area contributed by atoms with Gasteiger partial charge in [0, 0.05) is 6.42 Å². The minimum atomic E-state index is -0.265. The van der Waals surface area contributed by atoms with Crippen LogP contribution in [0.25, 0.3) is 6.08 Å². The van der Waals surface area contributed by atoms with Gasteiger partial charge in [-0.3, -0.25) is 4.79 Å². The van der Waals surface area contributed by atoms with E-state index in [1.54, 1.807) is 18.2 Å². The molecule has 0 unspecified atom stereocenters. The quantitative estimate of drug-likeness (QED) is 0.872. The van der Waals surface area contributed by atoms with Crippen LogP contribution in [-0.2, 0) is 11.2 Å². The van der Waals surface area contributed by atoms with Crippen molar-refractivity contribution in [2.45, 2.75) is 12.8 Å². The summed E-state index contributed by atoms with van der Waals surface area (Å²) in [7, 11) is 0. The minimum Gasteiger partial charge on any atom is -0.454 e. The molecule has 126 valence electrons. The van der Waals surface area contributed by atoms with Crippen molar-refractivity contribution >= 4 is 17.8 Å². The zero-order chi connectivity index (χ0) is 17.2. The molecule has 2 aromatic carbocycles. The number of rotatable bonds is 4. The van der Waals surface area contributed by atoms with Crippen LogP contribution in [0.1, 0.15) is 17.5 Å². The third-order valence-corrected chi connectivity index (χ3v) is 3.99. The summed E-state index contributed by atoms with van der Waals surface area (Å²) in [5.74, 6) is 1.42. The lowest BCUT2D eigenvalue weighted by Crippen LogP contribution is -2.24. The summed E-state index contributed by atoms with van der Waals surface area (Å²) in [4.78, 5) is 16.4. The summed E-state index contributed by atoms with van der Waals surface area (Å²) < 4.78 is 23.8. The number of hydrogen-bond acceptors (Lipinski definition) is 4. The molecule has 0 aliphatic carbocycles. The van der Waals surface area contributed by atoms with E-state index in [0.29, 0.717) is 35.9 Å². The van der Waals surface area contributed by atoms with Gasteiger partial charge in [0.05, 0.1) is 0 Å². The van der Waals surface area contributed by atoms with E-state index in [-0.39, 0.29) is 18.5 Å². The smallest absolute Gasteiger partial charge is 0.275 e. The van der Waals surface area contributed by atoms with E-state index in [1.807, 2.05) is 18.2 Å². The Morgan fingerprint density at radius 3 is 2.88 bits per heavy atom. The number of carbonyl (C=O) groups excluding carboxylic acids is 1. The molecular weight excluding hydrogens is 323 g/mol. The molecule has 1 amide bonds. The number of carbonyl (C=O) groups is 1. The van der Waals surface area contributed by atoms with Crippen LogP contribution in [0.5, 0.6) is 11.5 Å². The maximum Gasteiger partial charge on any atom is 0.275 e. The monoisotopic (exact) mass is 338 g/mol. The lowest BCUT2D eigenvalue weighted by atomic mass is 10.1. The molecule has 0 radical (unpaired) electrons. The molecule has 6 heteroatoms. The molecule has 2 aromatic rings. The van der Waals surface area contributed by atoms with Crippen molar-refractivity contribution in [2.24, 2.45) is 4.99 Å². The highest BCUT2D eigenvalue weighted by Crippen LogP contribution is 2.33. The average molecular weight is 338 g/mol. The van der Waals surface area contributed by atoms with E-state index < -0.39 is 0 Å². The second kappa shape index (κ2) is 6.39. The zero-order valence-electron chi connectivity index (χ0n) is 13.3. The second-order valence-electron chi connectivity index (χ2n) is 5.78. The van der Waals surface area contributed by atoms with Crippen LogP contribution in [0.2, 0.25) is 0 Å². The standard InChI is InChI=1S/C19H15FN2O3/c20-14-3-1-2-12(8-14)5-7-18-21-15(19(23)22-18)9-13-4-6-16-17(10-13)25-11-24-16/h1-4,6,8-10H,5,7,11H2,(H,21,22,23)/b15-9+. The third kappa shape index (κ3) is 3.38. The number of nitrogens with zero attached hydrogens (tertiary/aromatic N) is 1. The van der Waals surface area contributed by atoms with Gasteiger partial charge in [-0.1, -0.05) is 18.2 Å². The minimum absolute atomic E-state index is 0.207. The average Bonchev–Trinajstić information content (AvgIpc) is 3.19. The molecule has 0 aromatic heterocycles. The number of aliphatic imine (C=N–C) groups is 1. The van der Waals surface area contributed by atoms with Gasteiger partial charge in [0.1, 0.15) is 17.3 Å². The number of ether oxygens (including phenoxy) is 2. The maximum atomic E-state index is 13.2. The summed E-state index contributed by atoms with van der Waals surface area (Å²) in [6.45, 7) is 0.207. The van der Waals surface area contributed by atoms with Gasteiger partial charge < -0.3 is 14.8 Å². The van der Waals surface area contributed by atoms with Crippen LogP contribution in [0.15, 0.2) is 53.2 Å². The molecule has 0 atom stereocenters. The fraction of sp³-hybridized carbons (Fsp3) is 0.158. The highest BCUT2D eigenvalue weighted by Gasteiger charge is 2.20. The number of amidine groups is 1. The van der Waals surface area contributed by atoms with Crippen molar-refractivity contribution in [2.75, 3.05) is 6.79 Å². The molecule has 0 bridgehead atoms.